The van der Waals surface area contributed by atoms with Gasteiger partial charge in [0.2, 0.25) is 0 Å². The molecule has 160 valence electrons. The Morgan fingerprint density at radius 2 is 2.03 bits per heavy atom. The number of alkyl carbamates (subject to hydrolysis) is 1. The molecule has 0 fully saturated rings. The van der Waals surface area contributed by atoms with Crippen molar-refractivity contribution in [2.24, 2.45) is 0 Å². The number of hydrogen-bond donors (Lipinski definition) is 4. The minimum absolute atomic E-state index is 0.0179. The number of aromatic hydroxyl groups is 1. The highest BCUT2D eigenvalue weighted by Gasteiger charge is 2.30. The number of phenols is 1. The minimum atomic E-state index is -4.17. The SMILES string of the molecule is CCc1c(C)c2c(c(O)c1C/C=C(\C)COC(=O)NCCP(=O)(O)O)C(=O)OC2. The van der Waals surface area contributed by atoms with Crippen LogP contribution >= 0.6 is 7.60 Å². The highest BCUT2D eigenvalue weighted by molar-refractivity contribution is 7.51. The van der Waals surface area contributed by atoms with Crippen LogP contribution in [0.2, 0.25) is 0 Å². The first-order valence-electron chi connectivity index (χ1n) is 9.19. The maximum Gasteiger partial charge on any atom is 0.407 e. The van der Waals surface area contributed by atoms with Gasteiger partial charge in [0, 0.05) is 17.7 Å². The van der Waals surface area contributed by atoms with Gasteiger partial charge in [-0.2, -0.15) is 0 Å². The summed E-state index contributed by atoms with van der Waals surface area (Å²) >= 11 is 0. The van der Waals surface area contributed by atoms with E-state index in [1.165, 1.54) is 0 Å². The Balaban J connectivity index is 2.03. The normalized spacial score (nSPS) is 13.8. The summed E-state index contributed by atoms with van der Waals surface area (Å²) in [6, 6.07) is 0. The molecule has 0 unspecified atom stereocenters. The molecule has 10 heteroatoms. The highest BCUT2D eigenvalue weighted by Crippen LogP contribution is 2.38. The summed E-state index contributed by atoms with van der Waals surface area (Å²) in [4.78, 5) is 41.0. The molecular weight excluding hydrogens is 401 g/mol. The van der Waals surface area contributed by atoms with Gasteiger partial charge in [0.1, 0.15) is 24.5 Å². The summed E-state index contributed by atoms with van der Waals surface area (Å²) < 4.78 is 20.8. The van der Waals surface area contributed by atoms with Crippen molar-refractivity contribution < 1.29 is 38.5 Å². The number of rotatable bonds is 8. The van der Waals surface area contributed by atoms with Gasteiger partial charge in [-0.1, -0.05) is 13.0 Å². The molecule has 0 aromatic heterocycles. The quantitative estimate of drug-likeness (QED) is 0.281. The van der Waals surface area contributed by atoms with Crippen LogP contribution in [0, 0.1) is 6.92 Å². The van der Waals surface area contributed by atoms with Crippen LogP contribution in [0.15, 0.2) is 11.6 Å². The summed E-state index contributed by atoms with van der Waals surface area (Å²) in [5.41, 5.74) is 4.21. The van der Waals surface area contributed by atoms with Gasteiger partial charge in [-0.3, -0.25) is 4.57 Å². The number of ether oxygens (including phenoxy) is 2. The second-order valence-corrected chi connectivity index (χ2v) is 8.64. The van der Waals surface area contributed by atoms with E-state index in [0.717, 1.165) is 22.3 Å². The molecule has 1 aliphatic rings. The van der Waals surface area contributed by atoms with Crippen LogP contribution in [0.25, 0.3) is 0 Å². The number of benzene rings is 1. The Morgan fingerprint density at radius 1 is 1.34 bits per heavy atom. The van der Waals surface area contributed by atoms with E-state index in [1.807, 2.05) is 13.8 Å². The summed E-state index contributed by atoms with van der Waals surface area (Å²) in [6.45, 7) is 5.59. The van der Waals surface area contributed by atoms with E-state index < -0.39 is 25.8 Å². The third kappa shape index (κ3) is 5.82. The number of allylic oxidation sites excluding steroid dienone is 1. The van der Waals surface area contributed by atoms with Crippen molar-refractivity contribution in [2.75, 3.05) is 19.3 Å². The van der Waals surface area contributed by atoms with Gasteiger partial charge in [0.05, 0.1) is 6.16 Å². The van der Waals surface area contributed by atoms with Crippen molar-refractivity contribution in [3.8, 4) is 5.75 Å². The molecule has 0 atom stereocenters. The van der Waals surface area contributed by atoms with Crippen LogP contribution < -0.4 is 5.32 Å². The first-order valence-corrected chi connectivity index (χ1v) is 11.0. The van der Waals surface area contributed by atoms with E-state index in [9.17, 15) is 19.3 Å². The lowest BCUT2D eigenvalue weighted by atomic mass is 9.89. The first kappa shape index (κ1) is 22.9. The fourth-order valence-corrected chi connectivity index (χ4v) is 3.61. The third-order valence-corrected chi connectivity index (χ3v) is 5.56. The molecule has 1 aliphatic heterocycles. The van der Waals surface area contributed by atoms with Crippen LogP contribution in [0.3, 0.4) is 0 Å². The molecule has 0 saturated carbocycles. The number of fused-ring (bicyclic) bond motifs is 1. The summed E-state index contributed by atoms with van der Waals surface area (Å²) in [5.74, 6) is -0.592. The Bertz CT molecular complexity index is 887. The van der Waals surface area contributed by atoms with Crippen molar-refractivity contribution in [1.29, 1.82) is 0 Å². The summed E-state index contributed by atoms with van der Waals surface area (Å²) in [6.07, 6.45) is 1.59. The zero-order valence-electron chi connectivity index (χ0n) is 16.7. The number of nitrogens with one attached hydrogen (secondary N) is 1. The van der Waals surface area contributed by atoms with Crippen LogP contribution in [0.1, 0.15) is 46.5 Å². The topological polar surface area (TPSA) is 142 Å². The van der Waals surface area contributed by atoms with Crippen LogP contribution in [0.5, 0.6) is 5.75 Å². The van der Waals surface area contributed by atoms with E-state index >= 15 is 0 Å². The second kappa shape index (κ2) is 9.43. The van der Waals surface area contributed by atoms with E-state index in [0.29, 0.717) is 18.4 Å². The predicted octanol–water partition coefficient (Wildman–Crippen LogP) is 2.33. The molecule has 2 rings (SSSR count). The maximum absolute atomic E-state index is 11.9. The van der Waals surface area contributed by atoms with Crippen molar-refractivity contribution >= 4 is 19.7 Å². The number of carbonyl (C=O) groups is 2. The molecule has 1 amide bonds. The van der Waals surface area contributed by atoms with Crippen LogP contribution in [0.4, 0.5) is 4.79 Å². The second-order valence-electron chi connectivity index (χ2n) is 6.86. The molecular formula is C19H26NO8P. The Labute approximate surface area is 168 Å². The molecule has 0 saturated heterocycles. The van der Waals surface area contributed by atoms with Gasteiger partial charge in [-0.05, 0) is 43.4 Å². The maximum atomic E-state index is 11.9. The van der Waals surface area contributed by atoms with Crippen molar-refractivity contribution in [3.63, 3.8) is 0 Å². The molecule has 1 heterocycles. The number of carbonyl (C=O) groups excluding carboxylic acids is 2. The zero-order valence-corrected chi connectivity index (χ0v) is 17.5. The summed E-state index contributed by atoms with van der Waals surface area (Å²) in [5, 5.41) is 12.9. The minimum Gasteiger partial charge on any atom is -0.507 e. The number of esters is 1. The fraction of sp³-hybridized carbons (Fsp3) is 0.474. The molecule has 0 aliphatic carbocycles. The monoisotopic (exact) mass is 427 g/mol. The van der Waals surface area contributed by atoms with E-state index in [4.69, 9.17) is 19.3 Å². The van der Waals surface area contributed by atoms with Gasteiger partial charge in [0.25, 0.3) is 0 Å². The lowest BCUT2D eigenvalue weighted by Crippen LogP contribution is -2.27. The molecule has 0 bridgehead atoms. The van der Waals surface area contributed by atoms with Crippen LogP contribution in [-0.2, 0) is 33.5 Å². The van der Waals surface area contributed by atoms with Gasteiger partial charge in [-0.25, -0.2) is 9.59 Å². The van der Waals surface area contributed by atoms with Crippen molar-refractivity contribution in [3.05, 3.63) is 39.5 Å². The Hall–Kier alpha value is -2.35. The lowest BCUT2D eigenvalue weighted by molar-refractivity contribution is 0.0532. The molecule has 1 aromatic rings. The number of phenolic OH excluding ortho intramolecular Hbond substituents is 1. The smallest absolute Gasteiger partial charge is 0.407 e. The number of hydrogen-bond acceptors (Lipinski definition) is 6. The average molecular weight is 427 g/mol. The van der Waals surface area contributed by atoms with E-state index in [2.05, 4.69) is 5.32 Å². The molecule has 9 nitrogen and oxygen atoms in total. The zero-order chi connectivity index (χ0) is 21.8. The highest BCUT2D eigenvalue weighted by atomic mass is 31.2. The average Bonchev–Trinajstić information content (AvgIpc) is 3.02. The standard InChI is InChI=1S/C19H26NO8P/c1-4-13-12(3)15-10-27-18(22)16(15)17(21)14(13)6-5-11(2)9-28-19(23)20-7-8-29(24,25)26/h5,21H,4,6-10H2,1-3H3,(H,20,23)(H2,24,25,26)/b11-5+. The molecule has 0 spiro atoms. The first-order chi connectivity index (χ1) is 13.5. The third-order valence-electron chi connectivity index (χ3n) is 4.76. The Kier molecular flexibility index (Phi) is 7.46. The number of cyclic esters (lactones) is 1. The van der Waals surface area contributed by atoms with E-state index in [-0.39, 0.29) is 31.1 Å². The van der Waals surface area contributed by atoms with Crippen molar-refractivity contribution in [2.45, 2.75) is 40.2 Å². The van der Waals surface area contributed by atoms with Gasteiger partial charge in [-0.15, -0.1) is 0 Å². The van der Waals surface area contributed by atoms with Gasteiger partial charge < -0.3 is 29.7 Å². The largest absolute Gasteiger partial charge is 0.507 e. The molecule has 29 heavy (non-hydrogen) atoms. The van der Waals surface area contributed by atoms with Gasteiger partial charge >= 0.3 is 19.7 Å². The Morgan fingerprint density at radius 3 is 2.66 bits per heavy atom. The lowest BCUT2D eigenvalue weighted by Gasteiger charge is -2.16. The number of amides is 1. The van der Waals surface area contributed by atoms with E-state index in [1.54, 1.807) is 13.0 Å². The predicted molar refractivity (Wildman–Crippen MR) is 105 cm³/mol. The van der Waals surface area contributed by atoms with Gasteiger partial charge in [0.15, 0.2) is 0 Å². The molecule has 4 N–H and O–H groups in total. The molecule has 0 radical (unpaired) electrons. The fourth-order valence-electron chi connectivity index (χ4n) is 3.21. The molecule has 1 aromatic carbocycles. The summed E-state index contributed by atoms with van der Waals surface area (Å²) in [7, 11) is -4.17. The van der Waals surface area contributed by atoms with Crippen molar-refractivity contribution in [1.82, 2.24) is 5.32 Å². The van der Waals surface area contributed by atoms with Crippen LogP contribution in [-0.4, -0.2) is 46.3 Å².